The van der Waals surface area contributed by atoms with E-state index in [4.69, 9.17) is 4.74 Å². The van der Waals surface area contributed by atoms with Gasteiger partial charge in [0, 0.05) is 4.90 Å². The predicted octanol–water partition coefficient (Wildman–Crippen LogP) is 4.09. The summed E-state index contributed by atoms with van der Waals surface area (Å²) >= 11 is 1.53. The van der Waals surface area contributed by atoms with Crippen LogP contribution >= 0.6 is 11.8 Å². The fraction of sp³-hybridized carbons (Fsp3) is 0.350. The van der Waals surface area contributed by atoms with Crippen molar-refractivity contribution in [2.45, 2.75) is 37.5 Å². The molecule has 5 nitrogen and oxygen atoms in total. The maximum absolute atomic E-state index is 13.4. The fourth-order valence-corrected chi connectivity index (χ4v) is 5.00. The van der Waals surface area contributed by atoms with Crippen LogP contribution < -0.4 is 4.31 Å². The van der Waals surface area contributed by atoms with Crippen LogP contribution in [-0.4, -0.2) is 33.8 Å². The lowest BCUT2D eigenvalue weighted by Gasteiger charge is -2.27. The predicted molar refractivity (Wildman–Crippen MR) is 110 cm³/mol. The summed E-state index contributed by atoms with van der Waals surface area (Å²) < 4.78 is 32.9. The molecule has 146 valence electrons. The fourth-order valence-electron chi connectivity index (χ4n) is 3.05. The first kappa shape index (κ1) is 21.3. The minimum absolute atomic E-state index is 0.143. The number of esters is 1. The van der Waals surface area contributed by atoms with E-state index < -0.39 is 16.0 Å². The number of hydrogen-bond acceptors (Lipinski definition) is 5. The van der Waals surface area contributed by atoms with E-state index in [1.165, 1.54) is 11.8 Å². The summed E-state index contributed by atoms with van der Waals surface area (Å²) in [6, 6.07) is 10.5. The van der Waals surface area contributed by atoms with E-state index in [0.717, 1.165) is 25.9 Å². The number of anilines is 1. The molecule has 0 radical (unpaired) electrons. The summed E-state index contributed by atoms with van der Waals surface area (Å²) in [5.74, 6) is -0.582. The summed E-state index contributed by atoms with van der Waals surface area (Å²) in [5, 5.41) is 0. The minimum Gasteiger partial charge on any atom is -0.465 e. The number of rotatable bonds is 7. The minimum atomic E-state index is -3.93. The first-order valence-corrected chi connectivity index (χ1v) is 11.3. The Morgan fingerprint density at radius 2 is 1.63 bits per heavy atom. The molecule has 0 aromatic heterocycles. The molecule has 0 amide bonds. The van der Waals surface area contributed by atoms with Gasteiger partial charge in [-0.15, -0.1) is 11.8 Å². The molecule has 27 heavy (non-hydrogen) atoms. The van der Waals surface area contributed by atoms with Gasteiger partial charge < -0.3 is 4.74 Å². The molecule has 2 aromatic rings. The lowest BCUT2D eigenvalue weighted by molar-refractivity contribution is -0.141. The normalized spacial score (nSPS) is 11.3. The van der Waals surface area contributed by atoms with Crippen molar-refractivity contribution in [3.8, 4) is 0 Å². The highest BCUT2D eigenvalue weighted by Gasteiger charge is 2.30. The van der Waals surface area contributed by atoms with Gasteiger partial charge in [0.1, 0.15) is 6.54 Å². The Morgan fingerprint density at radius 1 is 1.07 bits per heavy atom. The van der Waals surface area contributed by atoms with Crippen molar-refractivity contribution in [3.63, 3.8) is 0 Å². The number of nitrogens with zero attached hydrogens (tertiary/aromatic N) is 1. The van der Waals surface area contributed by atoms with Crippen molar-refractivity contribution < 1.29 is 17.9 Å². The van der Waals surface area contributed by atoms with E-state index in [-0.39, 0.29) is 18.0 Å². The van der Waals surface area contributed by atoms with Crippen molar-refractivity contribution >= 4 is 33.4 Å². The highest BCUT2D eigenvalue weighted by molar-refractivity contribution is 7.98. The van der Waals surface area contributed by atoms with E-state index in [2.05, 4.69) is 0 Å². The second-order valence-corrected chi connectivity index (χ2v) is 8.98. The zero-order valence-electron chi connectivity index (χ0n) is 16.3. The number of thioether (sulfide) groups is 1. The van der Waals surface area contributed by atoms with Gasteiger partial charge in [-0.2, -0.15) is 0 Å². The standard InChI is InChI=1S/C20H25NO4S2/c1-6-25-19(22)13-21(20-15(3)11-14(2)12-16(20)4)27(23,24)18-9-7-17(26-5)8-10-18/h7-12H,6,13H2,1-5H3. The highest BCUT2D eigenvalue weighted by atomic mass is 32.2. The van der Waals surface area contributed by atoms with Crippen LogP contribution in [0.4, 0.5) is 5.69 Å². The summed E-state index contributed by atoms with van der Waals surface area (Å²) in [5.41, 5.74) is 3.14. The largest absolute Gasteiger partial charge is 0.465 e. The molecule has 7 heteroatoms. The molecule has 0 heterocycles. The van der Waals surface area contributed by atoms with Gasteiger partial charge in [-0.3, -0.25) is 9.10 Å². The first-order chi connectivity index (χ1) is 12.7. The van der Waals surface area contributed by atoms with Gasteiger partial charge in [0.05, 0.1) is 17.2 Å². The van der Waals surface area contributed by atoms with Crippen LogP contribution in [-0.2, 0) is 19.6 Å². The van der Waals surface area contributed by atoms with Crippen molar-refractivity contribution in [2.75, 3.05) is 23.7 Å². The molecule has 0 saturated carbocycles. The van der Waals surface area contributed by atoms with Crippen LogP contribution in [0.2, 0.25) is 0 Å². The number of benzene rings is 2. The van der Waals surface area contributed by atoms with Gasteiger partial charge in [-0.1, -0.05) is 17.7 Å². The number of carbonyl (C=O) groups is 1. The van der Waals surface area contributed by atoms with E-state index in [9.17, 15) is 13.2 Å². The van der Waals surface area contributed by atoms with E-state index in [1.54, 1.807) is 31.2 Å². The van der Waals surface area contributed by atoms with Crippen LogP contribution in [0, 0.1) is 20.8 Å². The molecule has 0 fully saturated rings. The lowest BCUT2D eigenvalue weighted by atomic mass is 10.1. The average molecular weight is 408 g/mol. The number of sulfonamides is 1. The molecule has 0 aliphatic heterocycles. The summed E-state index contributed by atoms with van der Waals surface area (Å²) in [6.45, 7) is 7.17. The Morgan fingerprint density at radius 3 is 2.11 bits per heavy atom. The Bertz CT molecular complexity index is 898. The number of ether oxygens (including phenoxy) is 1. The van der Waals surface area contributed by atoms with Crippen LogP contribution in [0.3, 0.4) is 0 Å². The van der Waals surface area contributed by atoms with Gasteiger partial charge in [-0.05, 0) is 69.3 Å². The zero-order chi connectivity index (χ0) is 20.2. The molecule has 2 aromatic carbocycles. The SMILES string of the molecule is CCOC(=O)CN(c1c(C)cc(C)cc1C)S(=O)(=O)c1ccc(SC)cc1. The maximum Gasteiger partial charge on any atom is 0.326 e. The Kier molecular flexibility index (Phi) is 6.95. The quantitative estimate of drug-likeness (QED) is 0.511. The maximum atomic E-state index is 13.4. The third-order valence-electron chi connectivity index (χ3n) is 4.11. The summed E-state index contributed by atoms with van der Waals surface area (Å²) in [6.07, 6.45) is 1.93. The van der Waals surface area contributed by atoms with Gasteiger partial charge >= 0.3 is 5.97 Å². The number of carbonyl (C=O) groups excluding carboxylic acids is 1. The second kappa shape index (κ2) is 8.80. The Labute approximate surface area is 165 Å². The van der Waals surface area contributed by atoms with Gasteiger partial charge in [-0.25, -0.2) is 8.42 Å². The van der Waals surface area contributed by atoms with Gasteiger partial charge in [0.2, 0.25) is 0 Å². The molecule has 0 aliphatic rings. The number of hydrogen-bond donors (Lipinski definition) is 0. The molecule has 0 atom stereocenters. The summed E-state index contributed by atoms with van der Waals surface area (Å²) in [4.78, 5) is 13.3. The van der Waals surface area contributed by atoms with E-state index in [0.29, 0.717) is 5.69 Å². The molecular weight excluding hydrogens is 382 g/mol. The molecule has 0 spiro atoms. The molecule has 0 saturated heterocycles. The topological polar surface area (TPSA) is 63.7 Å². The van der Waals surface area contributed by atoms with Crippen LogP contribution in [0.1, 0.15) is 23.6 Å². The highest BCUT2D eigenvalue weighted by Crippen LogP contribution is 2.31. The Balaban J connectivity index is 2.59. The summed E-state index contributed by atoms with van der Waals surface area (Å²) in [7, 11) is -3.93. The van der Waals surface area contributed by atoms with Crippen molar-refractivity contribution in [2.24, 2.45) is 0 Å². The van der Waals surface area contributed by atoms with Crippen molar-refractivity contribution in [1.82, 2.24) is 0 Å². The third-order valence-corrected chi connectivity index (χ3v) is 6.61. The molecule has 0 bridgehead atoms. The van der Waals surface area contributed by atoms with Gasteiger partial charge in [0.25, 0.3) is 10.0 Å². The average Bonchev–Trinajstić information content (AvgIpc) is 2.60. The molecule has 0 aliphatic carbocycles. The number of aryl methyl sites for hydroxylation is 3. The monoisotopic (exact) mass is 407 g/mol. The first-order valence-electron chi connectivity index (χ1n) is 8.61. The lowest BCUT2D eigenvalue weighted by Crippen LogP contribution is -2.37. The van der Waals surface area contributed by atoms with Crippen LogP contribution in [0.5, 0.6) is 0 Å². The van der Waals surface area contributed by atoms with Crippen molar-refractivity contribution in [3.05, 3.63) is 53.1 Å². The molecule has 0 unspecified atom stereocenters. The van der Waals surface area contributed by atoms with Crippen molar-refractivity contribution in [1.29, 1.82) is 0 Å². The smallest absolute Gasteiger partial charge is 0.326 e. The molecule has 2 rings (SSSR count). The van der Waals surface area contributed by atoms with Crippen LogP contribution in [0.15, 0.2) is 46.2 Å². The zero-order valence-corrected chi connectivity index (χ0v) is 17.9. The van der Waals surface area contributed by atoms with Crippen LogP contribution in [0.25, 0.3) is 0 Å². The molecular formula is C20H25NO4S2. The molecule has 0 N–H and O–H groups in total. The Hall–Kier alpha value is -1.99. The van der Waals surface area contributed by atoms with Gasteiger partial charge in [0.15, 0.2) is 0 Å². The van der Waals surface area contributed by atoms with E-state index in [1.807, 2.05) is 39.2 Å². The third kappa shape index (κ3) is 4.84. The van der Waals surface area contributed by atoms with E-state index >= 15 is 0 Å². The second-order valence-electron chi connectivity index (χ2n) is 6.24.